The summed E-state index contributed by atoms with van der Waals surface area (Å²) in [6.45, 7) is 3.66. The fraction of sp³-hybridized carbons (Fsp3) is 0.278. The fourth-order valence-corrected chi connectivity index (χ4v) is 2.75. The Morgan fingerprint density at radius 2 is 1.96 bits per heavy atom. The third-order valence-electron chi connectivity index (χ3n) is 4.10. The number of benzene rings is 2. The quantitative estimate of drug-likeness (QED) is 0.614. The normalized spacial score (nSPS) is 11.8. The summed E-state index contributed by atoms with van der Waals surface area (Å²) in [5.74, 6) is -2.37. The van der Waals surface area contributed by atoms with Gasteiger partial charge in [-0.3, -0.25) is 14.9 Å². The van der Waals surface area contributed by atoms with Crippen molar-refractivity contribution in [1.82, 2.24) is 0 Å². The molecule has 0 saturated heterocycles. The third kappa shape index (κ3) is 3.88. The first-order chi connectivity index (χ1) is 11.7. The van der Waals surface area contributed by atoms with Gasteiger partial charge in [0.2, 0.25) is 0 Å². The van der Waals surface area contributed by atoms with Gasteiger partial charge in [-0.1, -0.05) is 23.8 Å². The topological polar surface area (TPSA) is 110 Å². The summed E-state index contributed by atoms with van der Waals surface area (Å²) in [6, 6.07) is 7.77. The van der Waals surface area contributed by atoms with Gasteiger partial charge in [-0.05, 0) is 31.4 Å². The van der Waals surface area contributed by atoms with Gasteiger partial charge in [0.15, 0.2) is 11.5 Å². The molecule has 0 aromatic heterocycles. The van der Waals surface area contributed by atoms with Crippen molar-refractivity contribution in [2.75, 3.05) is 7.11 Å². The number of carboxylic acid groups (broad SMARTS) is 1. The monoisotopic (exact) mass is 345 g/mol. The van der Waals surface area contributed by atoms with E-state index in [0.717, 1.165) is 17.2 Å². The van der Waals surface area contributed by atoms with E-state index in [9.17, 15) is 25.1 Å². The number of methoxy groups -OCH3 is 1. The van der Waals surface area contributed by atoms with Crippen LogP contribution in [0.2, 0.25) is 0 Å². The van der Waals surface area contributed by atoms with Crippen LogP contribution in [0.3, 0.4) is 0 Å². The molecular formula is C18H19NO6. The minimum atomic E-state index is -1.07. The van der Waals surface area contributed by atoms with Crippen LogP contribution in [-0.4, -0.2) is 28.2 Å². The Labute approximate surface area is 144 Å². The van der Waals surface area contributed by atoms with Gasteiger partial charge < -0.3 is 14.9 Å². The fourth-order valence-electron chi connectivity index (χ4n) is 2.75. The summed E-state index contributed by atoms with van der Waals surface area (Å²) in [5, 5.41) is 31.0. The number of rotatable bonds is 6. The van der Waals surface area contributed by atoms with Crippen LogP contribution in [0.1, 0.15) is 28.2 Å². The van der Waals surface area contributed by atoms with Crippen molar-refractivity contribution in [2.45, 2.75) is 26.2 Å². The van der Waals surface area contributed by atoms with Crippen molar-refractivity contribution < 1.29 is 24.7 Å². The molecule has 0 fully saturated rings. The Kier molecular flexibility index (Phi) is 5.26. The van der Waals surface area contributed by atoms with Gasteiger partial charge >= 0.3 is 5.97 Å². The molecule has 0 saturated carbocycles. The highest BCUT2D eigenvalue weighted by atomic mass is 16.6. The maximum absolute atomic E-state index is 11.8. The maximum atomic E-state index is 11.8. The van der Waals surface area contributed by atoms with E-state index < -0.39 is 16.8 Å². The molecule has 0 aliphatic carbocycles. The first-order valence-corrected chi connectivity index (χ1v) is 7.58. The van der Waals surface area contributed by atoms with E-state index in [2.05, 4.69) is 0 Å². The van der Waals surface area contributed by atoms with Gasteiger partial charge in [-0.25, -0.2) is 0 Å². The smallest absolute Gasteiger partial charge is 0.311 e. The summed E-state index contributed by atoms with van der Waals surface area (Å²) in [6.07, 6.45) is -0.0938. The Morgan fingerprint density at radius 3 is 2.52 bits per heavy atom. The van der Waals surface area contributed by atoms with Gasteiger partial charge in [-0.2, -0.15) is 0 Å². The second kappa shape index (κ2) is 7.21. The van der Waals surface area contributed by atoms with E-state index in [1.807, 2.05) is 19.1 Å². The number of phenols is 1. The number of carbonyl (C=O) groups is 1. The largest absolute Gasteiger partial charge is 0.504 e. The van der Waals surface area contributed by atoms with Crippen molar-refractivity contribution in [3.05, 3.63) is 62.7 Å². The number of aromatic hydroxyl groups is 1. The highest BCUT2D eigenvalue weighted by Crippen LogP contribution is 2.37. The molecular weight excluding hydrogens is 326 g/mol. The number of aryl methyl sites for hydroxylation is 2. The molecule has 1 atom stereocenters. The molecule has 0 aliphatic heterocycles. The number of nitro groups is 1. The van der Waals surface area contributed by atoms with Crippen LogP contribution in [0.15, 0.2) is 30.3 Å². The molecule has 25 heavy (non-hydrogen) atoms. The molecule has 7 nitrogen and oxygen atoms in total. The number of nitrogens with zero attached hydrogens (tertiary/aromatic N) is 1. The molecule has 1 unspecified atom stereocenters. The number of hydrogen-bond donors (Lipinski definition) is 2. The standard InChI is InChI=1S/C18H19NO6/c1-10-4-5-11(2)14(6-10)15(18(21)22)8-12-7-13(19(23)24)9-16(25-3)17(12)20/h4-7,9,15,20H,8H2,1-3H3,(H,21,22). The van der Waals surface area contributed by atoms with Crippen LogP contribution in [0.5, 0.6) is 11.5 Å². The van der Waals surface area contributed by atoms with Crippen molar-refractivity contribution in [2.24, 2.45) is 0 Å². The van der Waals surface area contributed by atoms with Gasteiger partial charge in [0.25, 0.3) is 5.69 Å². The second-order valence-electron chi connectivity index (χ2n) is 5.87. The molecule has 0 spiro atoms. The minimum absolute atomic E-state index is 0.0608. The van der Waals surface area contributed by atoms with E-state index in [1.54, 1.807) is 13.0 Å². The second-order valence-corrected chi connectivity index (χ2v) is 5.87. The lowest BCUT2D eigenvalue weighted by Crippen LogP contribution is -2.16. The lowest BCUT2D eigenvalue weighted by Gasteiger charge is -2.17. The van der Waals surface area contributed by atoms with Crippen LogP contribution < -0.4 is 4.74 Å². The van der Waals surface area contributed by atoms with Gasteiger partial charge in [0.05, 0.1) is 24.0 Å². The number of aliphatic carboxylic acids is 1. The number of phenolic OH excluding ortho intramolecular Hbond substituents is 1. The van der Waals surface area contributed by atoms with E-state index in [1.165, 1.54) is 13.2 Å². The highest BCUT2D eigenvalue weighted by Gasteiger charge is 2.26. The van der Waals surface area contributed by atoms with E-state index in [-0.39, 0.29) is 29.2 Å². The summed E-state index contributed by atoms with van der Waals surface area (Å²) >= 11 is 0. The van der Waals surface area contributed by atoms with Crippen LogP contribution in [0.4, 0.5) is 5.69 Å². The molecule has 0 radical (unpaired) electrons. The average molecular weight is 345 g/mol. The van der Waals surface area contributed by atoms with Crippen LogP contribution >= 0.6 is 0 Å². The molecule has 0 amide bonds. The van der Waals surface area contributed by atoms with Gasteiger partial charge in [-0.15, -0.1) is 0 Å². The minimum Gasteiger partial charge on any atom is -0.504 e. The summed E-state index contributed by atoms with van der Waals surface area (Å²) in [4.78, 5) is 22.3. The number of hydrogen-bond acceptors (Lipinski definition) is 5. The number of non-ortho nitro benzene ring substituents is 1. The average Bonchev–Trinajstić information content (AvgIpc) is 2.55. The predicted molar refractivity (Wildman–Crippen MR) is 91.3 cm³/mol. The molecule has 0 heterocycles. The zero-order chi connectivity index (χ0) is 18.7. The van der Waals surface area contributed by atoms with Crippen LogP contribution in [-0.2, 0) is 11.2 Å². The number of nitro benzene ring substituents is 1. The van der Waals surface area contributed by atoms with Crippen molar-refractivity contribution in [3.8, 4) is 11.5 Å². The highest BCUT2D eigenvalue weighted by molar-refractivity contribution is 5.77. The molecule has 7 heteroatoms. The zero-order valence-electron chi connectivity index (χ0n) is 14.1. The number of carboxylic acids is 1. The van der Waals surface area contributed by atoms with Crippen molar-refractivity contribution >= 4 is 11.7 Å². The maximum Gasteiger partial charge on any atom is 0.311 e. The third-order valence-corrected chi connectivity index (χ3v) is 4.10. The van der Waals surface area contributed by atoms with Crippen molar-refractivity contribution in [1.29, 1.82) is 0 Å². The van der Waals surface area contributed by atoms with Gasteiger partial charge in [0, 0.05) is 11.6 Å². The van der Waals surface area contributed by atoms with Crippen LogP contribution in [0, 0.1) is 24.0 Å². The summed E-state index contributed by atoms with van der Waals surface area (Å²) in [7, 11) is 1.28. The Bertz CT molecular complexity index is 831. The lowest BCUT2D eigenvalue weighted by atomic mass is 9.87. The molecule has 2 N–H and O–H groups in total. The first-order valence-electron chi connectivity index (χ1n) is 7.58. The Hall–Kier alpha value is -3.09. The Balaban J connectivity index is 2.54. The Morgan fingerprint density at radius 1 is 1.28 bits per heavy atom. The molecule has 2 aromatic rings. The van der Waals surface area contributed by atoms with Crippen LogP contribution in [0.25, 0.3) is 0 Å². The van der Waals surface area contributed by atoms with Gasteiger partial charge in [0.1, 0.15) is 0 Å². The SMILES string of the molecule is COc1cc([N+](=O)[O-])cc(CC(C(=O)O)c2cc(C)ccc2C)c1O. The summed E-state index contributed by atoms with van der Waals surface area (Å²) in [5.41, 5.74) is 2.20. The molecule has 2 rings (SSSR count). The molecule has 2 aromatic carbocycles. The van der Waals surface area contributed by atoms with E-state index in [0.29, 0.717) is 5.56 Å². The summed E-state index contributed by atoms with van der Waals surface area (Å²) < 4.78 is 4.97. The molecule has 132 valence electrons. The number of ether oxygens (including phenoxy) is 1. The molecule has 0 bridgehead atoms. The zero-order valence-corrected chi connectivity index (χ0v) is 14.1. The van der Waals surface area contributed by atoms with E-state index in [4.69, 9.17) is 4.74 Å². The first kappa shape index (κ1) is 18.3. The lowest BCUT2D eigenvalue weighted by molar-refractivity contribution is -0.385. The molecule has 0 aliphatic rings. The predicted octanol–water partition coefficient (Wildman–Crippen LogP) is 3.34. The van der Waals surface area contributed by atoms with E-state index >= 15 is 0 Å². The van der Waals surface area contributed by atoms with Crippen molar-refractivity contribution in [3.63, 3.8) is 0 Å².